The third-order valence-corrected chi connectivity index (χ3v) is 6.30. The Bertz CT molecular complexity index is 1420. The van der Waals surface area contributed by atoms with Crippen LogP contribution in [-0.2, 0) is 4.79 Å². The number of rotatable bonds is 5. The molecule has 0 fully saturated rings. The number of hydrogen-bond acceptors (Lipinski definition) is 5. The predicted molar refractivity (Wildman–Crippen MR) is 119 cm³/mol. The van der Waals surface area contributed by atoms with Gasteiger partial charge in [-0.05, 0) is 37.6 Å². The molecule has 1 atom stereocenters. The maximum Gasteiger partial charge on any atom is 0.311 e. The molecule has 0 radical (unpaired) electrons. The lowest BCUT2D eigenvalue weighted by molar-refractivity contribution is -0.139. The van der Waals surface area contributed by atoms with Crippen LogP contribution >= 0.6 is 11.3 Å². The number of carbonyl (C=O) groups is 1. The van der Waals surface area contributed by atoms with Crippen LogP contribution in [-0.4, -0.2) is 30.7 Å². The Labute approximate surface area is 176 Å². The molecule has 7 heteroatoms. The standard InChI is InChI=1S/C23H20N4O2S/c1-3-6-16(23(28)29)20-13(2)25-22-15-7-4-5-8-17(15)26-27(22)21(20)14-9-10-18-19(11-14)30-12-24-18/h4-5,7-12,16H,3,6H2,1-2H3,(H,28,29). The molecule has 3 heterocycles. The van der Waals surface area contributed by atoms with Crippen molar-refractivity contribution < 1.29 is 9.90 Å². The highest BCUT2D eigenvalue weighted by atomic mass is 32.1. The fourth-order valence-corrected chi connectivity index (χ4v) is 4.88. The summed E-state index contributed by atoms with van der Waals surface area (Å²) in [6, 6.07) is 13.9. The Hall–Kier alpha value is -3.32. The highest BCUT2D eigenvalue weighted by Crippen LogP contribution is 2.37. The maximum atomic E-state index is 12.2. The molecule has 30 heavy (non-hydrogen) atoms. The van der Waals surface area contributed by atoms with E-state index in [1.807, 2.05) is 60.3 Å². The van der Waals surface area contributed by atoms with Crippen molar-refractivity contribution in [2.24, 2.45) is 0 Å². The van der Waals surface area contributed by atoms with Gasteiger partial charge in [0.05, 0.1) is 32.9 Å². The molecule has 3 aromatic heterocycles. The van der Waals surface area contributed by atoms with Gasteiger partial charge in [-0.2, -0.15) is 5.10 Å². The Morgan fingerprint density at radius 2 is 2.03 bits per heavy atom. The minimum Gasteiger partial charge on any atom is -0.481 e. The van der Waals surface area contributed by atoms with Crippen molar-refractivity contribution in [1.82, 2.24) is 19.6 Å². The number of carboxylic acid groups (broad SMARTS) is 1. The average molecular weight is 417 g/mol. The highest BCUT2D eigenvalue weighted by Gasteiger charge is 2.28. The fourth-order valence-electron chi connectivity index (χ4n) is 4.16. The van der Waals surface area contributed by atoms with Crippen molar-refractivity contribution in [3.63, 3.8) is 0 Å². The van der Waals surface area contributed by atoms with Crippen molar-refractivity contribution in [1.29, 1.82) is 0 Å². The molecular weight excluding hydrogens is 396 g/mol. The van der Waals surface area contributed by atoms with Crippen LogP contribution in [0.2, 0.25) is 0 Å². The molecule has 150 valence electrons. The quantitative estimate of drug-likeness (QED) is 0.413. The number of benzene rings is 2. The molecule has 1 unspecified atom stereocenters. The zero-order valence-electron chi connectivity index (χ0n) is 16.7. The van der Waals surface area contributed by atoms with Gasteiger partial charge in [-0.15, -0.1) is 11.3 Å². The molecule has 0 aliphatic heterocycles. The first kappa shape index (κ1) is 18.7. The summed E-state index contributed by atoms with van der Waals surface area (Å²) < 4.78 is 2.88. The lowest BCUT2D eigenvalue weighted by Crippen LogP contribution is -2.17. The van der Waals surface area contributed by atoms with Crippen LogP contribution < -0.4 is 0 Å². The molecule has 0 spiro atoms. The van der Waals surface area contributed by atoms with E-state index in [0.29, 0.717) is 6.42 Å². The third-order valence-electron chi connectivity index (χ3n) is 5.51. The van der Waals surface area contributed by atoms with Gasteiger partial charge in [-0.3, -0.25) is 4.79 Å². The Kier molecular flexibility index (Phi) is 4.47. The van der Waals surface area contributed by atoms with E-state index in [1.165, 1.54) is 0 Å². The van der Waals surface area contributed by atoms with Crippen molar-refractivity contribution in [2.45, 2.75) is 32.6 Å². The number of thiazole rings is 1. The summed E-state index contributed by atoms with van der Waals surface area (Å²) in [7, 11) is 0. The predicted octanol–water partition coefficient (Wildman–Crippen LogP) is 5.44. The SMILES string of the molecule is CCCC(C(=O)O)c1c(C)nc2c3ccccc3nn2c1-c1ccc2ncsc2c1. The molecule has 5 rings (SSSR count). The largest absolute Gasteiger partial charge is 0.481 e. The molecule has 0 saturated carbocycles. The van der Waals surface area contributed by atoms with E-state index in [-0.39, 0.29) is 0 Å². The molecule has 0 bridgehead atoms. The van der Waals surface area contributed by atoms with Crippen molar-refractivity contribution >= 4 is 44.1 Å². The van der Waals surface area contributed by atoms with Gasteiger partial charge in [0, 0.05) is 22.2 Å². The van der Waals surface area contributed by atoms with E-state index in [9.17, 15) is 9.90 Å². The molecule has 0 amide bonds. The lowest BCUT2D eigenvalue weighted by Gasteiger charge is -2.20. The van der Waals surface area contributed by atoms with Gasteiger partial charge < -0.3 is 5.11 Å². The van der Waals surface area contributed by atoms with Crippen LogP contribution in [0.5, 0.6) is 0 Å². The fraction of sp³-hybridized carbons (Fsp3) is 0.217. The third kappa shape index (κ3) is 2.85. The van der Waals surface area contributed by atoms with Crippen LogP contribution in [0.1, 0.15) is 36.9 Å². The number of fused-ring (bicyclic) bond motifs is 4. The highest BCUT2D eigenvalue weighted by molar-refractivity contribution is 7.16. The van der Waals surface area contributed by atoms with Crippen LogP contribution in [0.15, 0.2) is 48.0 Å². The van der Waals surface area contributed by atoms with E-state index in [1.54, 1.807) is 11.3 Å². The van der Waals surface area contributed by atoms with E-state index in [0.717, 1.165) is 55.7 Å². The van der Waals surface area contributed by atoms with Gasteiger partial charge in [0.2, 0.25) is 0 Å². The summed E-state index contributed by atoms with van der Waals surface area (Å²) >= 11 is 1.57. The Morgan fingerprint density at radius 3 is 2.83 bits per heavy atom. The second kappa shape index (κ2) is 7.18. The summed E-state index contributed by atoms with van der Waals surface area (Å²) in [5.74, 6) is -1.48. The summed E-state index contributed by atoms with van der Waals surface area (Å²) in [4.78, 5) is 21.4. The molecular formula is C23H20N4O2S. The van der Waals surface area contributed by atoms with Gasteiger partial charge >= 0.3 is 5.97 Å². The molecule has 6 nitrogen and oxygen atoms in total. The van der Waals surface area contributed by atoms with Crippen LogP contribution in [0.25, 0.3) is 38.0 Å². The maximum absolute atomic E-state index is 12.2. The van der Waals surface area contributed by atoms with Crippen molar-refractivity contribution in [3.8, 4) is 11.3 Å². The smallest absolute Gasteiger partial charge is 0.311 e. The molecule has 0 aliphatic carbocycles. The van der Waals surface area contributed by atoms with Crippen LogP contribution in [0.3, 0.4) is 0 Å². The monoisotopic (exact) mass is 416 g/mol. The lowest BCUT2D eigenvalue weighted by atomic mass is 9.89. The normalized spacial score (nSPS) is 12.7. The van der Waals surface area contributed by atoms with Crippen molar-refractivity contribution in [3.05, 3.63) is 59.2 Å². The first-order valence-corrected chi connectivity index (χ1v) is 10.8. The van der Waals surface area contributed by atoms with Gasteiger partial charge in [-0.25, -0.2) is 14.5 Å². The molecule has 1 N–H and O–H groups in total. The van der Waals surface area contributed by atoms with E-state index < -0.39 is 11.9 Å². The number of hydrogen-bond donors (Lipinski definition) is 1. The molecule has 0 aliphatic rings. The second-order valence-electron chi connectivity index (χ2n) is 7.43. The first-order valence-electron chi connectivity index (χ1n) is 9.93. The molecule has 2 aromatic carbocycles. The van der Waals surface area contributed by atoms with E-state index in [4.69, 9.17) is 10.1 Å². The van der Waals surface area contributed by atoms with E-state index >= 15 is 0 Å². The first-order chi connectivity index (χ1) is 14.6. The molecule has 0 saturated heterocycles. The zero-order chi connectivity index (χ0) is 20.8. The second-order valence-corrected chi connectivity index (χ2v) is 8.31. The minimum atomic E-state index is -0.835. The minimum absolute atomic E-state index is 0.542. The van der Waals surface area contributed by atoms with E-state index in [2.05, 4.69) is 11.1 Å². The molecule has 5 aromatic rings. The number of nitrogens with zero attached hydrogens (tertiary/aromatic N) is 4. The van der Waals surface area contributed by atoms with Crippen LogP contribution in [0, 0.1) is 6.92 Å². The number of carboxylic acids is 1. The summed E-state index contributed by atoms with van der Waals surface area (Å²) in [6.45, 7) is 3.90. The Balaban J connectivity index is 1.92. The average Bonchev–Trinajstić information content (AvgIpc) is 3.35. The van der Waals surface area contributed by atoms with Crippen molar-refractivity contribution in [2.75, 3.05) is 0 Å². The number of aryl methyl sites for hydroxylation is 1. The number of aromatic nitrogens is 4. The van der Waals surface area contributed by atoms with Gasteiger partial charge in [0.25, 0.3) is 0 Å². The summed E-state index contributed by atoms with van der Waals surface area (Å²) in [5.41, 5.74) is 7.51. The van der Waals surface area contributed by atoms with Gasteiger partial charge in [0.1, 0.15) is 0 Å². The summed E-state index contributed by atoms with van der Waals surface area (Å²) in [5, 5.41) is 15.8. The summed E-state index contributed by atoms with van der Waals surface area (Å²) in [6.07, 6.45) is 1.31. The van der Waals surface area contributed by atoms with Gasteiger partial charge in [-0.1, -0.05) is 31.5 Å². The topological polar surface area (TPSA) is 80.4 Å². The number of aliphatic carboxylic acids is 1. The van der Waals surface area contributed by atoms with Crippen LogP contribution in [0.4, 0.5) is 0 Å². The van der Waals surface area contributed by atoms with Gasteiger partial charge in [0.15, 0.2) is 5.65 Å². The Morgan fingerprint density at radius 1 is 1.20 bits per heavy atom. The zero-order valence-corrected chi connectivity index (χ0v) is 17.5.